The fraction of sp³-hybridized carbons (Fsp3) is 0.462. The SMILES string of the molecule is CC(C)C(C)NC(=O)CNc1ccc(F)cc1Br. The van der Waals surface area contributed by atoms with Gasteiger partial charge >= 0.3 is 0 Å². The van der Waals surface area contributed by atoms with Gasteiger partial charge < -0.3 is 10.6 Å². The summed E-state index contributed by atoms with van der Waals surface area (Å²) >= 11 is 3.24. The van der Waals surface area contributed by atoms with Crippen LogP contribution in [0.25, 0.3) is 0 Å². The zero-order chi connectivity index (χ0) is 13.7. The number of nitrogens with one attached hydrogen (secondary N) is 2. The average molecular weight is 317 g/mol. The number of hydrogen-bond donors (Lipinski definition) is 2. The second-order valence-corrected chi connectivity index (χ2v) is 5.43. The first-order chi connectivity index (χ1) is 8.40. The number of halogens is 2. The molecule has 0 saturated carbocycles. The molecule has 0 bridgehead atoms. The highest BCUT2D eigenvalue weighted by molar-refractivity contribution is 9.10. The van der Waals surface area contributed by atoms with Crippen molar-refractivity contribution in [1.29, 1.82) is 0 Å². The van der Waals surface area contributed by atoms with Gasteiger partial charge in [-0.2, -0.15) is 0 Å². The maximum Gasteiger partial charge on any atom is 0.239 e. The zero-order valence-corrected chi connectivity index (χ0v) is 12.3. The third-order valence-electron chi connectivity index (χ3n) is 2.76. The van der Waals surface area contributed by atoms with E-state index in [-0.39, 0.29) is 24.3 Å². The number of hydrogen-bond acceptors (Lipinski definition) is 2. The summed E-state index contributed by atoms with van der Waals surface area (Å²) in [6.07, 6.45) is 0. The molecule has 1 aromatic carbocycles. The molecule has 5 heteroatoms. The van der Waals surface area contributed by atoms with Crippen molar-refractivity contribution < 1.29 is 9.18 Å². The van der Waals surface area contributed by atoms with E-state index in [0.29, 0.717) is 16.1 Å². The molecular formula is C13H18BrFN2O. The van der Waals surface area contributed by atoms with E-state index < -0.39 is 0 Å². The standard InChI is InChI=1S/C13H18BrFN2O/c1-8(2)9(3)17-13(18)7-16-12-5-4-10(15)6-11(12)14/h4-6,8-9,16H,7H2,1-3H3,(H,17,18). The minimum absolute atomic E-state index is 0.0765. The molecule has 0 fully saturated rings. The van der Waals surface area contributed by atoms with Gasteiger partial charge in [-0.1, -0.05) is 13.8 Å². The van der Waals surface area contributed by atoms with Crippen molar-refractivity contribution in [2.45, 2.75) is 26.8 Å². The summed E-state index contributed by atoms with van der Waals surface area (Å²) < 4.78 is 13.5. The van der Waals surface area contributed by atoms with Crippen LogP contribution in [0.2, 0.25) is 0 Å². The first kappa shape index (κ1) is 15.0. The molecule has 3 nitrogen and oxygen atoms in total. The molecule has 2 N–H and O–H groups in total. The van der Waals surface area contributed by atoms with Crippen molar-refractivity contribution >= 4 is 27.5 Å². The Morgan fingerprint density at radius 2 is 2.06 bits per heavy atom. The van der Waals surface area contributed by atoms with Gasteiger partial charge in [0.05, 0.1) is 6.54 Å². The largest absolute Gasteiger partial charge is 0.375 e. The number of carbonyl (C=O) groups excluding carboxylic acids is 1. The Balaban J connectivity index is 2.47. The average Bonchev–Trinajstić information content (AvgIpc) is 2.27. The molecule has 0 aliphatic rings. The molecule has 1 rings (SSSR count). The molecule has 0 spiro atoms. The van der Waals surface area contributed by atoms with Crippen LogP contribution < -0.4 is 10.6 Å². The van der Waals surface area contributed by atoms with Gasteiger partial charge in [0.1, 0.15) is 5.82 Å². The van der Waals surface area contributed by atoms with Crippen LogP contribution in [0.5, 0.6) is 0 Å². The summed E-state index contributed by atoms with van der Waals surface area (Å²) in [6, 6.07) is 4.44. The van der Waals surface area contributed by atoms with E-state index in [0.717, 1.165) is 0 Å². The lowest BCUT2D eigenvalue weighted by Crippen LogP contribution is -2.39. The van der Waals surface area contributed by atoms with E-state index in [2.05, 4.69) is 40.4 Å². The zero-order valence-electron chi connectivity index (χ0n) is 10.8. The van der Waals surface area contributed by atoms with Crippen LogP contribution in [0.3, 0.4) is 0 Å². The smallest absolute Gasteiger partial charge is 0.239 e. The van der Waals surface area contributed by atoms with Gasteiger partial charge in [0.2, 0.25) is 5.91 Å². The van der Waals surface area contributed by atoms with Gasteiger partial charge in [0.15, 0.2) is 0 Å². The Morgan fingerprint density at radius 3 is 2.61 bits per heavy atom. The van der Waals surface area contributed by atoms with Gasteiger partial charge in [-0.05, 0) is 47.0 Å². The Bertz CT molecular complexity index is 423. The van der Waals surface area contributed by atoms with E-state index >= 15 is 0 Å². The third-order valence-corrected chi connectivity index (χ3v) is 3.42. The van der Waals surface area contributed by atoms with Crippen LogP contribution in [0.15, 0.2) is 22.7 Å². The quantitative estimate of drug-likeness (QED) is 0.876. The summed E-state index contributed by atoms with van der Waals surface area (Å²) in [5.41, 5.74) is 0.698. The molecule has 0 saturated heterocycles. The first-order valence-corrected chi connectivity index (χ1v) is 6.67. The summed E-state index contributed by atoms with van der Waals surface area (Å²) in [7, 11) is 0. The van der Waals surface area contributed by atoms with E-state index in [1.54, 1.807) is 6.07 Å². The van der Waals surface area contributed by atoms with Crippen molar-refractivity contribution in [3.63, 3.8) is 0 Å². The fourth-order valence-electron chi connectivity index (χ4n) is 1.28. The second-order valence-electron chi connectivity index (χ2n) is 4.58. The maximum atomic E-state index is 12.9. The van der Waals surface area contributed by atoms with Gasteiger partial charge in [-0.25, -0.2) is 4.39 Å². The molecule has 18 heavy (non-hydrogen) atoms. The lowest BCUT2D eigenvalue weighted by atomic mass is 10.1. The highest BCUT2D eigenvalue weighted by Gasteiger charge is 2.10. The van der Waals surface area contributed by atoms with Gasteiger partial charge in [-0.15, -0.1) is 0 Å². The van der Waals surface area contributed by atoms with Gasteiger partial charge in [-0.3, -0.25) is 4.79 Å². The minimum Gasteiger partial charge on any atom is -0.375 e. The van der Waals surface area contributed by atoms with Crippen LogP contribution in [0.1, 0.15) is 20.8 Å². The Morgan fingerprint density at radius 1 is 1.39 bits per heavy atom. The molecule has 1 atom stereocenters. The van der Waals surface area contributed by atoms with E-state index in [1.165, 1.54) is 12.1 Å². The Hall–Kier alpha value is -1.10. The second kappa shape index (κ2) is 6.73. The molecule has 0 aliphatic heterocycles. The Labute approximate surface area is 115 Å². The van der Waals surface area contributed by atoms with Crippen molar-refractivity contribution in [1.82, 2.24) is 5.32 Å². The summed E-state index contributed by atoms with van der Waals surface area (Å²) in [6.45, 7) is 6.24. The number of amides is 1. The number of carbonyl (C=O) groups is 1. The predicted molar refractivity (Wildman–Crippen MR) is 75.0 cm³/mol. The lowest BCUT2D eigenvalue weighted by molar-refractivity contribution is -0.120. The van der Waals surface area contributed by atoms with Crippen molar-refractivity contribution in [2.75, 3.05) is 11.9 Å². The maximum absolute atomic E-state index is 12.9. The molecule has 1 unspecified atom stereocenters. The lowest BCUT2D eigenvalue weighted by Gasteiger charge is -2.18. The molecule has 1 amide bonds. The molecule has 0 heterocycles. The van der Waals surface area contributed by atoms with Gasteiger partial charge in [0.25, 0.3) is 0 Å². The fourth-order valence-corrected chi connectivity index (χ4v) is 1.77. The monoisotopic (exact) mass is 316 g/mol. The summed E-state index contributed by atoms with van der Waals surface area (Å²) in [5.74, 6) is 0.00392. The molecular weight excluding hydrogens is 299 g/mol. The van der Waals surface area contributed by atoms with Crippen molar-refractivity contribution in [2.24, 2.45) is 5.92 Å². The highest BCUT2D eigenvalue weighted by atomic mass is 79.9. The van der Waals surface area contributed by atoms with Crippen molar-refractivity contribution in [3.8, 4) is 0 Å². The van der Waals surface area contributed by atoms with Crippen LogP contribution in [-0.2, 0) is 4.79 Å². The van der Waals surface area contributed by atoms with E-state index in [9.17, 15) is 9.18 Å². The van der Waals surface area contributed by atoms with Crippen LogP contribution >= 0.6 is 15.9 Å². The molecule has 1 aromatic rings. The van der Waals surface area contributed by atoms with Crippen LogP contribution in [0.4, 0.5) is 10.1 Å². The van der Waals surface area contributed by atoms with Crippen LogP contribution in [0, 0.1) is 11.7 Å². The molecule has 0 aliphatic carbocycles. The molecule has 0 radical (unpaired) electrons. The van der Waals surface area contributed by atoms with Gasteiger partial charge in [0, 0.05) is 16.2 Å². The minimum atomic E-state index is -0.315. The van der Waals surface area contributed by atoms with E-state index in [4.69, 9.17) is 0 Å². The Kier molecular flexibility index (Phi) is 5.59. The predicted octanol–water partition coefficient (Wildman–Crippen LogP) is 3.16. The third kappa shape index (κ3) is 4.64. The highest BCUT2D eigenvalue weighted by Crippen LogP contribution is 2.22. The molecule has 100 valence electrons. The van der Waals surface area contributed by atoms with Crippen LogP contribution in [-0.4, -0.2) is 18.5 Å². The number of benzene rings is 1. The summed E-state index contributed by atoms with van der Waals surface area (Å²) in [5, 5.41) is 5.85. The number of rotatable bonds is 5. The first-order valence-electron chi connectivity index (χ1n) is 5.88. The van der Waals surface area contributed by atoms with E-state index in [1.807, 2.05) is 6.92 Å². The normalized spacial score (nSPS) is 12.3. The van der Waals surface area contributed by atoms with Crippen molar-refractivity contribution in [3.05, 3.63) is 28.5 Å². The number of anilines is 1. The summed E-state index contributed by atoms with van der Waals surface area (Å²) in [4.78, 5) is 11.6. The topological polar surface area (TPSA) is 41.1 Å². The molecule has 0 aromatic heterocycles.